The third-order valence-corrected chi connectivity index (χ3v) is 4.31. The van der Waals surface area contributed by atoms with E-state index in [-0.39, 0.29) is 17.0 Å². The summed E-state index contributed by atoms with van der Waals surface area (Å²) in [6.45, 7) is 8.90. The third-order valence-electron chi connectivity index (χ3n) is 3.39. The summed E-state index contributed by atoms with van der Waals surface area (Å²) in [6, 6.07) is 5.22. The Hall–Kier alpha value is -1.23. The van der Waals surface area contributed by atoms with Gasteiger partial charge >= 0.3 is 0 Å². The van der Waals surface area contributed by atoms with Crippen LogP contribution in [0, 0.1) is 11.2 Å². The zero-order valence-electron chi connectivity index (χ0n) is 13.1. The molecule has 1 heterocycles. The second kappa shape index (κ2) is 6.69. The Morgan fingerprint density at radius 3 is 2.81 bits per heavy atom. The molecular weight excluding hydrogens is 287 g/mol. The highest BCUT2D eigenvalue weighted by atomic mass is 32.2. The monoisotopic (exact) mass is 310 g/mol. The molecule has 0 saturated heterocycles. The van der Waals surface area contributed by atoms with Crippen LogP contribution in [0.5, 0.6) is 5.75 Å². The lowest BCUT2D eigenvalue weighted by molar-refractivity contribution is 0.316. The van der Waals surface area contributed by atoms with E-state index in [1.165, 1.54) is 6.07 Å². The fourth-order valence-corrected chi connectivity index (χ4v) is 3.11. The minimum atomic E-state index is -0.351. The number of hydrogen-bond donors (Lipinski definition) is 1. The molecule has 1 N–H and O–H groups in total. The van der Waals surface area contributed by atoms with Gasteiger partial charge in [-0.25, -0.2) is 4.39 Å². The lowest BCUT2D eigenvalue weighted by atomic mass is 9.85. The van der Waals surface area contributed by atoms with Crippen LogP contribution in [0.15, 0.2) is 23.2 Å². The highest BCUT2D eigenvalue weighted by molar-refractivity contribution is 8.14. The van der Waals surface area contributed by atoms with Gasteiger partial charge in [0, 0.05) is 17.5 Å². The zero-order valence-corrected chi connectivity index (χ0v) is 13.9. The second-order valence-corrected chi connectivity index (χ2v) is 7.24. The van der Waals surface area contributed by atoms with Gasteiger partial charge in [0.2, 0.25) is 0 Å². The Balaban J connectivity index is 2.11. The number of aliphatic imine (C=N–C) groups is 1. The van der Waals surface area contributed by atoms with E-state index < -0.39 is 0 Å². The maximum absolute atomic E-state index is 13.8. The molecule has 21 heavy (non-hydrogen) atoms. The standard InChI is InChI=1S/C16H23FN2OS/c1-5-20-13-7-6-11(10-12(13)17)18-15-19-14(8-9-21-15)16(2,3)4/h6-7,10,14H,5,8-9H2,1-4H3,(H,18,19). The highest BCUT2D eigenvalue weighted by Crippen LogP contribution is 2.31. The van der Waals surface area contributed by atoms with Crippen LogP contribution in [0.2, 0.25) is 0 Å². The van der Waals surface area contributed by atoms with Crippen LogP contribution >= 0.6 is 11.8 Å². The molecule has 0 fully saturated rings. The Bertz CT molecular complexity index is 525. The van der Waals surface area contributed by atoms with E-state index in [1.807, 2.05) is 13.0 Å². The Morgan fingerprint density at radius 1 is 1.43 bits per heavy atom. The van der Waals surface area contributed by atoms with Gasteiger partial charge in [0.1, 0.15) is 0 Å². The van der Waals surface area contributed by atoms with Gasteiger partial charge in [-0.05, 0) is 30.9 Å². The van der Waals surface area contributed by atoms with E-state index in [0.717, 1.165) is 17.3 Å². The molecule has 1 atom stereocenters. The molecule has 116 valence electrons. The van der Waals surface area contributed by atoms with Crippen molar-refractivity contribution in [3.8, 4) is 5.75 Å². The maximum Gasteiger partial charge on any atom is 0.167 e. The fourth-order valence-electron chi connectivity index (χ4n) is 2.18. The van der Waals surface area contributed by atoms with Crippen molar-refractivity contribution in [1.82, 2.24) is 0 Å². The van der Waals surface area contributed by atoms with Crippen LogP contribution in [0.3, 0.4) is 0 Å². The second-order valence-electron chi connectivity index (χ2n) is 6.16. The number of nitrogens with one attached hydrogen (secondary N) is 1. The van der Waals surface area contributed by atoms with Gasteiger partial charge in [0.25, 0.3) is 0 Å². The van der Waals surface area contributed by atoms with Gasteiger partial charge < -0.3 is 10.1 Å². The van der Waals surface area contributed by atoms with Crippen LogP contribution in [0.4, 0.5) is 10.1 Å². The summed E-state index contributed by atoms with van der Waals surface area (Å²) in [5.74, 6) is 0.970. The summed E-state index contributed by atoms with van der Waals surface area (Å²) in [4.78, 5) is 4.75. The smallest absolute Gasteiger partial charge is 0.167 e. The summed E-state index contributed by atoms with van der Waals surface area (Å²) < 4.78 is 19.1. The number of thioether (sulfide) groups is 1. The van der Waals surface area contributed by atoms with Crippen molar-refractivity contribution >= 4 is 22.6 Å². The van der Waals surface area contributed by atoms with Crippen LogP contribution in [-0.4, -0.2) is 23.6 Å². The average Bonchev–Trinajstić information content (AvgIpc) is 2.41. The molecule has 0 spiro atoms. The Kier molecular flexibility index (Phi) is 5.14. The van der Waals surface area contributed by atoms with Crippen molar-refractivity contribution in [3.63, 3.8) is 0 Å². The quantitative estimate of drug-likeness (QED) is 0.889. The normalized spacial score (nSPS) is 19.1. The lowest BCUT2D eigenvalue weighted by Gasteiger charge is -2.31. The van der Waals surface area contributed by atoms with Crippen molar-refractivity contribution in [3.05, 3.63) is 24.0 Å². The summed E-state index contributed by atoms with van der Waals surface area (Å²) >= 11 is 1.68. The molecule has 1 aromatic rings. The molecule has 0 saturated carbocycles. The molecule has 0 bridgehead atoms. The molecule has 1 aliphatic rings. The van der Waals surface area contributed by atoms with E-state index in [9.17, 15) is 4.39 Å². The first kappa shape index (κ1) is 16.1. The van der Waals surface area contributed by atoms with Crippen LogP contribution in [0.1, 0.15) is 34.1 Å². The number of hydrogen-bond acceptors (Lipinski definition) is 4. The Morgan fingerprint density at radius 2 is 2.19 bits per heavy atom. The summed E-state index contributed by atoms with van der Waals surface area (Å²) in [7, 11) is 0. The molecule has 1 aliphatic heterocycles. The molecule has 1 unspecified atom stereocenters. The number of nitrogens with zero attached hydrogens (tertiary/aromatic N) is 1. The first-order valence-electron chi connectivity index (χ1n) is 7.30. The first-order valence-corrected chi connectivity index (χ1v) is 8.28. The van der Waals surface area contributed by atoms with E-state index in [2.05, 4.69) is 26.1 Å². The summed E-state index contributed by atoms with van der Waals surface area (Å²) in [6.07, 6.45) is 1.08. The molecule has 1 aromatic carbocycles. The van der Waals surface area contributed by atoms with E-state index >= 15 is 0 Å². The predicted molar refractivity (Wildman–Crippen MR) is 88.9 cm³/mol. The van der Waals surface area contributed by atoms with Crippen LogP contribution < -0.4 is 10.1 Å². The SMILES string of the molecule is CCOc1ccc(NC2=NC(C(C)(C)C)CCS2)cc1F. The maximum atomic E-state index is 13.8. The minimum Gasteiger partial charge on any atom is -0.491 e. The molecule has 0 aromatic heterocycles. The molecule has 5 heteroatoms. The molecular formula is C16H23FN2OS. The van der Waals surface area contributed by atoms with Gasteiger partial charge in [-0.1, -0.05) is 32.5 Å². The number of amidine groups is 1. The minimum absolute atomic E-state index is 0.151. The van der Waals surface area contributed by atoms with E-state index in [0.29, 0.717) is 18.3 Å². The van der Waals surface area contributed by atoms with Crippen molar-refractivity contribution in [2.75, 3.05) is 17.7 Å². The average molecular weight is 310 g/mol. The summed E-state index contributed by atoms with van der Waals surface area (Å²) in [5, 5.41) is 4.08. The number of anilines is 1. The molecule has 3 nitrogen and oxygen atoms in total. The Labute approximate surface area is 130 Å². The van der Waals surface area contributed by atoms with Crippen molar-refractivity contribution < 1.29 is 9.13 Å². The summed E-state index contributed by atoms with van der Waals surface area (Å²) in [5.41, 5.74) is 0.856. The molecule has 0 aliphatic carbocycles. The van der Waals surface area contributed by atoms with Crippen molar-refractivity contribution in [2.45, 2.75) is 40.2 Å². The van der Waals surface area contributed by atoms with Gasteiger partial charge in [0.15, 0.2) is 16.7 Å². The van der Waals surface area contributed by atoms with Gasteiger partial charge in [-0.2, -0.15) is 0 Å². The van der Waals surface area contributed by atoms with Crippen LogP contribution in [0.25, 0.3) is 0 Å². The molecule has 0 amide bonds. The molecule has 0 radical (unpaired) electrons. The fraction of sp³-hybridized carbons (Fsp3) is 0.562. The van der Waals surface area contributed by atoms with Crippen molar-refractivity contribution in [1.29, 1.82) is 0 Å². The van der Waals surface area contributed by atoms with Crippen LogP contribution in [-0.2, 0) is 0 Å². The number of ether oxygens (including phenoxy) is 1. The lowest BCUT2D eigenvalue weighted by Crippen LogP contribution is -2.30. The van der Waals surface area contributed by atoms with E-state index in [1.54, 1.807) is 17.8 Å². The molecule has 2 rings (SSSR count). The third kappa shape index (κ3) is 4.37. The number of rotatable bonds is 3. The van der Waals surface area contributed by atoms with Gasteiger partial charge in [-0.15, -0.1) is 0 Å². The largest absolute Gasteiger partial charge is 0.491 e. The topological polar surface area (TPSA) is 33.6 Å². The predicted octanol–water partition coefficient (Wildman–Crippen LogP) is 4.54. The van der Waals surface area contributed by atoms with Crippen molar-refractivity contribution in [2.24, 2.45) is 10.4 Å². The zero-order chi connectivity index (χ0) is 15.5. The van der Waals surface area contributed by atoms with Gasteiger partial charge in [-0.3, -0.25) is 4.99 Å². The highest BCUT2D eigenvalue weighted by Gasteiger charge is 2.27. The van der Waals surface area contributed by atoms with E-state index in [4.69, 9.17) is 9.73 Å². The first-order chi connectivity index (χ1) is 9.90. The van der Waals surface area contributed by atoms with Gasteiger partial charge in [0.05, 0.1) is 12.6 Å². The number of benzene rings is 1. The number of halogens is 1.